The van der Waals surface area contributed by atoms with E-state index in [1.807, 2.05) is 62.8 Å². The predicted octanol–water partition coefficient (Wildman–Crippen LogP) is 5.81. The molecule has 0 N–H and O–H groups in total. The van der Waals surface area contributed by atoms with Crippen LogP contribution in [0.3, 0.4) is 0 Å². The van der Waals surface area contributed by atoms with E-state index in [0.29, 0.717) is 23.0 Å². The molecule has 0 radical (unpaired) electrons. The largest absolute Gasteiger partial charge is 0.496 e. The number of thioether (sulfide) groups is 1. The Morgan fingerprint density at radius 2 is 1.78 bits per heavy atom. The Morgan fingerprint density at radius 3 is 2.44 bits per heavy atom. The topological polar surface area (TPSA) is 45.7 Å². The number of thiazole rings is 1. The Bertz CT molecular complexity index is 1240. The maximum absolute atomic E-state index is 13.8. The van der Waals surface area contributed by atoms with Gasteiger partial charge in [0.25, 0.3) is 5.91 Å². The van der Waals surface area contributed by atoms with Gasteiger partial charge in [-0.3, -0.25) is 9.69 Å². The van der Waals surface area contributed by atoms with Crippen LogP contribution in [0.25, 0.3) is 21.0 Å². The van der Waals surface area contributed by atoms with Crippen molar-refractivity contribution in [2.45, 2.75) is 4.90 Å². The number of hydrogen-bond donors (Lipinski definition) is 0. The van der Waals surface area contributed by atoms with Crippen LogP contribution >= 0.6 is 35.5 Å². The van der Waals surface area contributed by atoms with E-state index in [0.717, 1.165) is 32.4 Å². The fraction of sp³-hybridized carbons (Fsp3) is 0.250. The van der Waals surface area contributed by atoms with Crippen molar-refractivity contribution >= 4 is 67.5 Å². The zero-order chi connectivity index (χ0) is 22.0. The Balaban J connectivity index is 0.00000289. The minimum atomic E-state index is -0.103. The molecule has 4 rings (SSSR count). The zero-order valence-corrected chi connectivity index (χ0v) is 20.9. The first-order chi connectivity index (χ1) is 15.0. The van der Waals surface area contributed by atoms with Gasteiger partial charge in [0.15, 0.2) is 5.13 Å². The first kappa shape index (κ1) is 24.3. The summed E-state index contributed by atoms with van der Waals surface area (Å²) in [6.45, 7) is 1.27. The normalized spacial score (nSPS) is 11.0. The molecular formula is C24H26ClN3O2S2. The molecule has 0 fully saturated rings. The van der Waals surface area contributed by atoms with Crippen molar-refractivity contribution < 1.29 is 9.53 Å². The molecule has 0 saturated heterocycles. The van der Waals surface area contributed by atoms with Crippen molar-refractivity contribution in [1.29, 1.82) is 0 Å². The number of rotatable bonds is 7. The fourth-order valence-corrected chi connectivity index (χ4v) is 5.12. The number of anilines is 1. The van der Waals surface area contributed by atoms with Gasteiger partial charge in [-0.15, -0.1) is 24.2 Å². The minimum Gasteiger partial charge on any atom is -0.496 e. The zero-order valence-electron chi connectivity index (χ0n) is 18.5. The van der Waals surface area contributed by atoms with E-state index in [4.69, 9.17) is 9.72 Å². The molecule has 1 amide bonds. The second-order valence-corrected chi connectivity index (χ2v) is 9.32. The number of benzene rings is 3. The van der Waals surface area contributed by atoms with E-state index < -0.39 is 0 Å². The third-order valence-corrected chi connectivity index (χ3v) is 6.95. The Hall–Kier alpha value is -2.32. The molecule has 1 aromatic heterocycles. The Labute approximate surface area is 202 Å². The van der Waals surface area contributed by atoms with Gasteiger partial charge in [-0.1, -0.05) is 41.7 Å². The molecule has 0 aliphatic rings. The third kappa shape index (κ3) is 4.86. The van der Waals surface area contributed by atoms with Crippen LogP contribution in [0.1, 0.15) is 10.4 Å². The molecule has 0 bridgehead atoms. The van der Waals surface area contributed by atoms with E-state index in [1.165, 1.54) is 0 Å². The summed E-state index contributed by atoms with van der Waals surface area (Å²) in [5.74, 6) is 0.471. The summed E-state index contributed by atoms with van der Waals surface area (Å²) in [5, 5.41) is 2.76. The van der Waals surface area contributed by atoms with Gasteiger partial charge >= 0.3 is 0 Å². The van der Waals surface area contributed by atoms with Gasteiger partial charge in [0.1, 0.15) is 5.75 Å². The number of methoxy groups -OCH3 is 1. The molecule has 0 atom stereocenters. The summed E-state index contributed by atoms with van der Waals surface area (Å²) in [4.78, 5) is 23.6. The van der Waals surface area contributed by atoms with Crippen molar-refractivity contribution in [2.75, 3.05) is 45.5 Å². The number of halogens is 1. The van der Waals surface area contributed by atoms with E-state index in [-0.39, 0.29) is 18.3 Å². The molecule has 0 aliphatic heterocycles. The van der Waals surface area contributed by atoms with Crippen molar-refractivity contribution in [1.82, 2.24) is 9.88 Å². The van der Waals surface area contributed by atoms with Gasteiger partial charge in [0.05, 0.1) is 22.9 Å². The van der Waals surface area contributed by atoms with Crippen LogP contribution < -0.4 is 9.64 Å². The van der Waals surface area contributed by atoms with E-state index >= 15 is 0 Å². The highest BCUT2D eigenvalue weighted by atomic mass is 35.5. The summed E-state index contributed by atoms with van der Waals surface area (Å²) in [6, 6.07) is 18.0. The van der Waals surface area contributed by atoms with Crippen molar-refractivity contribution in [2.24, 2.45) is 0 Å². The van der Waals surface area contributed by atoms with Gasteiger partial charge in [-0.2, -0.15) is 0 Å². The van der Waals surface area contributed by atoms with Gasteiger partial charge < -0.3 is 9.64 Å². The average molecular weight is 488 g/mol. The highest BCUT2D eigenvalue weighted by molar-refractivity contribution is 7.98. The number of nitrogens with zero attached hydrogens (tertiary/aromatic N) is 3. The lowest BCUT2D eigenvalue weighted by atomic mass is 10.0. The Kier molecular flexibility index (Phi) is 8.00. The summed E-state index contributed by atoms with van der Waals surface area (Å²) < 4.78 is 6.68. The van der Waals surface area contributed by atoms with Gasteiger partial charge in [0, 0.05) is 18.0 Å². The molecule has 0 unspecified atom stereocenters. The lowest BCUT2D eigenvalue weighted by Crippen LogP contribution is -2.37. The summed E-state index contributed by atoms with van der Waals surface area (Å²) in [6.07, 6.45) is 2.04. The smallest absolute Gasteiger partial charge is 0.263 e. The number of likely N-dealkylation sites (N-methyl/N-ethyl adjacent to an activating group) is 1. The first-order valence-electron chi connectivity index (χ1n) is 9.98. The van der Waals surface area contributed by atoms with Crippen molar-refractivity contribution in [3.05, 3.63) is 60.2 Å². The second kappa shape index (κ2) is 10.5. The van der Waals surface area contributed by atoms with Gasteiger partial charge in [-0.05, 0) is 55.4 Å². The molecule has 0 spiro atoms. The number of carbonyl (C=O) groups is 1. The van der Waals surface area contributed by atoms with Crippen LogP contribution in [0, 0.1) is 0 Å². The van der Waals surface area contributed by atoms with Crippen LogP contribution in [-0.4, -0.2) is 56.3 Å². The SMILES string of the molecule is COc1cc2ccccc2cc1C(=O)N(CCN(C)C)c1nc2c(SC)cccc2s1.Cl. The van der Waals surface area contributed by atoms with Crippen LogP contribution in [0.15, 0.2) is 59.5 Å². The molecule has 32 heavy (non-hydrogen) atoms. The molecule has 0 aliphatic carbocycles. The van der Waals surface area contributed by atoms with Crippen LogP contribution in [0.5, 0.6) is 5.75 Å². The molecule has 1 heterocycles. The van der Waals surface area contributed by atoms with E-state index in [2.05, 4.69) is 17.0 Å². The summed E-state index contributed by atoms with van der Waals surface area (Å²) in [5.41, 5.74) is 1.49. The van der Waals surface area contributed by atoms with Crippen LogP contribution in [-0.2, 0) is 0 Å². The standard InChI is InChI=1S/C24H25N3O2S2.ClH/c1-26(2)12-13-27(24-25-22-20(30-4)10-7-11-21(22)31-24)23(28)18-14-16-8-5-6-9-17(16)15-19(18)29-3;/h5-11,14-15H,12-13H2,1-4H3;1H. The molecule has 4 aromatic rings. The molecule has 3 aromatic carbocycles. The maximum atomic E-state index is 13.8. The highest BCUT2D eigenvalue weighted by Crippen LogP contribution is 2.35. The molecule has 5 nitrogen and oxygen atoms in total. The van der Waals surface area contributed by atoms with Gasteiger partial charge in [0.2, 0.25) is 0 Å². The van der Waals surface area contributed by atoms with E-state index in [1.54, 1.807) is 35.1 Å². The molecule has 168 valence electrons. The van der Waals surface area contributed by atoms with Crippen molar-refractivity contribution in [3.63, 3.8) is 0 Å². The monoisotopic (exact) mass is 487 g/mol. The maximum Gasteiger partial charge on any atom is 0.263 e. The number of aromatic nitrogens is 1. The second-order valence-electron chi connectivity index (χ2n) is 7.46. The number of ether oxygens (including phenoxy) is 1. The van der Waals surface area contributed by atoms with Gasteiger partial charge in [-0.25, -0.2) is 4.98 Å². The first-order valence-corrected chi connectivity index (χ1v) is 12.0. The van der Waals surface area contributed by atoms with E-state index in [9.17, 15) is 4.79 Å². The molecular weight excluding hydrogens is 462 g/mol. The minimum absolute atomic E-state index is 0. The molecule has 8 heteroatoms. The van der Waals surface area contributed by atoms with Crippen LogP contribution in [0.4, 0.5) is 5.13 Å². The lowest BCUT2D eigenvalue weighted by Gasteiger charge is -2.23. The summed E-state index contributed by atoms with van der Waals surface area (Å²) in [7, 11) is 5.61. The number of amides is 1. The highest BCUT2D eigenvalue weighted by Gasteiger charge is 2.25. The number of fused-ring (bicyclic) bond motifs is 2. The Morgan fingerprint density at radius 1 is 1.06 bits per heavy atom. The molecule has 0 saturated carbocycles. The quantitative estimate of drug-likeness (QED) is 0.308. The number of para-hydroxylation sites is 1. The van der Waals surface area contributed by atoms with Crippen molar-refractivity contribution in [3.8, 4) is 5.75 Å². The third-order valence-electron chi connectivity index (χ3n) is 5.14. The lowest BCUT2D eigenvalue weighted by molar-refractivity contribution is 0.0982. The van der Waals surface area contributed by atoms with Crippen LogP contribution in [0.2, 0.25) is 0 Å². The number of carbonyl (C=O) groups excluding carboxylic acids is 1. The predicted molar refractivity (Wildman–Crippen MR) is 139 cm³/mol. The number of hydrogen-bond acceptors (Lipinski definition) is 6. The fourth-order valence-electron chi connectivity index (χ4n) is 3.48. The summed E-state index contributed by atoms with van der Waals surface area (Å²) >= 11 is 3.21. The average Bonchev–Trinajstić information content (AvgIpc) is 3.21.